The molecule has 16 heavy (non-hydrogen) atoms. The van der Waals surface area contributed by atoms with E-state index in [9.17, 15) is 9.59 Å². The predicted octanol–water partition coefficient (Wildman–Crippen LogP) is 1.35. The summed E-state index contributed by atoms with van der Waals surface area (Å²) in [6.45, 7) is -0.353. The third-order valence-corrected chi connectivity index (χ3v) is 2.17. The second-order valence-electron chi connectivity index (χ2n) is 3.04. The number of carbonyl (C=O) groups excluding carboxylic acids is 2. The van der Waals surface area contributed by atoms with E-state index in [1.54, 1.807) is 24.3 Å². The number of thiol groups is 1. The normalized spacial score (nSPS) is 9.88. The Hall–Kier alpha value is -1.33. The Morgan fingerprint density at radius 2 is 1.81 bits per heavy atom. The minimum Gasteiger partial charge on any atom is -0.467 e. The van der Waals surface area contributed by atoms with Crippen LogP contribution in [0.5, 0.6) is 0 Å². The average molecular weight is 240 g/mol. The SMILES string of the molecule is COC(=O)COCC(=O)c1ccc(S)cc1. The highest BCUT2D eigenvalue weighted by atomic mass is 32.1. The first-order valence-corrected chi connectivity index (χ1v) is 5.05. The lowest BCUT2D eigenvalue weighted by molar-refractivity contribution is -0.145. The van der Waals surface area contributed by atoms with Gasteiger partial charge in [-0.15, -0.1) is 12.6 Å². The first kappa shape index (κ1) is 12.7. The van der Waals surface area contributed by atoms with Gasteiger partial charge in [0.2, 0.25) is 0 Å². The highest BCUT2D eigenvalue weighted by Gasteiger charge is 2.07. The van der Waals surface area contributed by atoms with Gasteiger partial charge in [-0.25, -0.2) is 4.79 Å². The number of hydrogen-bond acceptors (Lipinski definition) is 5. The third kappa shape index (κ3) is 4.04. The largest absolute Gasteiger partial charge is 0.467 e. The lowest BCUT2D eigenvalue weighted by Gasteiger charge is -2.02. The van der Waals surface area contributed by atoms with Crippen LogP contribution >= 0.6 is 12.6 Å². The molecule has 0 fully saturated rings. The van der Waals surface area contributed by atoms with Crippen molar-refractivity contribution in [3.8, 4) is 0 Å². The Bertz CT molecular complexity index is 372. The molecule has 0 bridgehead atoms. The topological polar surface area (TPSA) is 52.6 Å². The third-order valence-electron chi connectivity index (χ3n) is 1.87. The lowest BCUT2D eigenvalue weighted by Crippen LogP contribution is -2.15. The van der Waals surface area contributed by atoms with Crippen LogP contribution in [0.15, 0.2) is 29.2 Å². The summed E-state index contributed by atoms with van der Waals surface area (Å²) in [5.74, 6) is -0.684. The van der Waals surface area contributed by atoms with Crippen LogP contribution in [0.4, 0.5) is 0 Å². The van der Waals surface area contributed by atoms with E-state index in [0.29, 0.717) is 5.56 Å². The molecule has 0 radical (unpaired) electrons. The molecule has 5 heteroatoms. The Kier molecular flexibility index (Phi) is 5.01. The fourth-order valence-corrected chi connectivity index (χ4v) is 1.17. The number of rotatable bonds is 5. The van der Waals surface area contributed by atoms with Crippen molar-refractivity contribution in [1.29, 1.82) is 0 Å². The number of methoxy groups -OCH3 is 1. The van der Waals surface area contributed by atoms with Gasteiger partial charge >= 0.3 is 5.97 Å². The van der Waals surface area contributed by atoms with E-state index in [-0.39, 0.29) is 19.0 Å². The zero-order chi connectivity index (χ0) is 12.0. The van der Waals surface area contributed by atoms with Crippen LogP contribution in [0.1, 0.15) is 10.4 Å². The molecule has 0 heterocycles. The van der Waals surface area contributed by atoms with E-state index >= 15 is 0 Å². The van der Waals surface area contributed by atoms with Gasteiger partial charge in [0.15, 0.2) is 5.78 Å². The minimum atomic E-state index is -0.501. The summed E-state index contributed by atoms with van der Waals surface area (Å²) in [6, 6.07) is 6.76. The van der Waals surface area contributed by atoms with Gasteiger partial charge in [0.1, 0.15) is 13.2 Å². The maximum Gasteiger partial charge on any atom is 0.331 e. The number of ketones is 1. The van der Waals surface area contributed by atoms with E-state index in [0.717, 1.165) is 4.90 Å². The Balaban J connectivity index is 2.41. The molecule has 1 rings (SSSR count). The van der Waals surface area contributed by atoms with Gasteiger partial charge in [-0.05, 0) is 12.1 Å². The summed E-state index contributed by atoms with van der Waals surface area (Å²) < 4.78 is 9.26. The maximum absolute atomic E-state index is 11.5. The zero-order valence-electron chi connectivity index (χ0n) is 8.80. The number of Topliss-reactive ketones (excluding diaryl/α,β-unsaturated/α-hetero) is 1. The molecule has 0 aliphatic rings. The number of hydrogen-bond donors (Lipinski definition) is 1. The monoisotopic (exact) mass is 240 g/mol. The molecule has 0 unspecified atom stereocenters. The summed E-state index contributed by atoms with van der Waals surface area (Å²) in [5.41, 5.74) is 0.530. The number of carbonyl (C=O) groups is 2. The van der Waals surface area contributed by atoms with Crippen molar-refractivity contribution in [3.63, 3.8) is 0 Å². The van der Waals surface area contributed by atoms with Crippen LogP contribution < -0.4 is 0 Å². The first-order valence-electron chi connectivity index (χ1n) is 4.60. The number of ether oxygens (including phenoxy) is 2. The van der Waals surface area contributed by atoms with Crippen LogP contribution in [0.25, 0.3) is 0 Å². The molecule has 0 aromatic heterocycles. The molecule has 0 aliphatic heterocycles. The molecule has 1 aromatic carbocycles. The number of benzene rings is 1. The standard InChI is InChI=1S/C11H12O4S/c1-14-11(13)7-15-6-10(12)8-2-4-9(16)5-3-8/h2-5,16H,6-7H2,1H3. The summed E-state index contributed by atoms with van der Waals surface area (Å²) in [4.78, 5) is 23.0. The fraction of sp³-hybridized carbons (Fsp3) is 0.273. The molecule has 0 spiro atoms. The van der Waals surface area contributed by atoms with E-state index < -0.39 is 5.97 Å². The molecule has 0 saturated heterocycles. The van der Waals surface area contributed by atoms with Crippen LogP contribution in [0.2, 0.25) is 0 Å². The molecular weight excluding hydrogens is 228 g/mol. The van der Waals surface area contributed by atoms with Crippen LogP contribution in [0.3, 0.4) is 0 Å². The van der Waals surface area contributed by atoms with Crippen LogP contribution in [0, 0.1) is 0 Å². The van der Waals surface area contributed by atoms with Gasteiger partial charge < -0.3 is 9.47 Å². The summed E-state index contributed by atoms with van der Waals surface area (Å²) in [6.07, 6.45) is 0. The van der Waals surface area contributed by atoms with Crippen LogP contribution in [-0.4, -0.2) is 32.1 Å². The van der Waals surface area contributed by atoms with Gasteiger partial charge in [-0.1, -0.05) is 12.1 Å². The summed E-state index contributed by atoms with van der Waals surface area (Å²) in [5, 5.41) is 0. The zero-order valence-corrected chi connectivity index (χ0v) is 9.70. The molecule has 0 aliphatic carbocycles. The lowest BCUT2D eigenvalue weighted by atomic mass is 10.1. The Labute approximate surface area is 99.0 Å². The molecule has 0 amide bonds. The highest BCUT2D eigenvalue weighted by Crippen LogP contribution is 2.08. The van der Waals surface area contributed by atoms with E-state index in [4.69, 9.17) is 4.74 Å². The van der Waals surface area contributed by atoms with Gasteiger partial charge in [-0.2, -0.15) is 0 Å². The van der Waals surface area contributed by atoms with E-state index in [1.165, 1.54) is 7.11 Å². The first-order chi connectivity index (χ1) is 7.63. The summed E-state index contributed by atoms with van der Waals surface area (Å²) in [7, 11) is 1.26. The smallest absolute Gasteiger partial charge is 0.331 e. The molecular formula is C11H12O4S. The average Bonchev–Trinajstić information content (AvgIpc) is 2.29. The van der Waals surface area contributed by atoms with Gasteiger partial charge in [0, 0.05) is 10.5 Å². The van der Waals surface area contributed by atoms with E-state index in [2.05, 4.69) is 17.4 Å². The summed E-state index contributed by atoms with van der Waals surface area (Å²) >= 11 is 4.11. The highest BCUT2D eigenvalue weighted by molar-refractivity contribution is 7.80. The number of esters is 1. The quantitative estimate of drug-likeness (QED) is 0.479. The Morgan fingerprint density at radius 3 is 2.38 bits per heavy atom. The predicted molar refractivity (Wildman–Crippen MR) is 60.9 cm³/mol. The van der Waals surface area contributed by atoms with Crippen molar-refractivity contribution in [1.82, 2.24) is 0 Å². The van der Waals surface area contributed by atoms with Crippen molar-refractivity contribution < 1.29 is 19.1 Å². The molecule has 0 atom stereocenters. The van der Waals surface area contributed by atoms with E-state index in [1.807, 2.05) is 0 Å². The molecule has 1 aromatic rings. The second kappa shape index (κ2) is 6.30. The van der Waals surface area contributed by atoms with Gasteiger partial charge in [0.25, 0.3) is 0 Å². The maximum atomic E-state index is 11.5. The van der Waals surface area contributed by atoms with Crippen molar-refractivity contribution in [2.75, 3.05) is 20.3 Å². The molecule has 4 nitrogen and oxygen atoms in total. The van der Waals surface area contributed by atoms with Crippen molar-refractivity contribution in [2.24, 2.45) is 0 Å². The molecule has 86 valence electrons. The van der Waals surface area contributed by atoms with Gasteiger partial charge in [-0.3, -0.25) is 4.79 Å². The van der Waals surface area contributed by atoms with Crippen molar-refractivity contribution in [2.45, 2.75) is 4.90 Å². The molecule has 0 saturated carbocycles. The Morgan fingerprint density at radius 1 is 1.19 bits per heavy atom. The fourth-order valence-electron chi connectivity index (χ4n) is 1.02. The van der Waals surface area contributed by atoms with Gasteiger partial charge in [0.05, 0.1) is 7.11 Å². The van der Waals surface area contributed by atoms with Crippen LogP contribution in [-0.2, 0) is 14.3 Å². The second-order valence-corrected chi connectivity index (χ2v) is 3.56. The minimum absolute atomic E-state index is 0.138. The van der Waals surface area contributed by atoms with Crippen molar-refractivity contribution >= 4 is 24.4 Å². The molecule has 0 N–H and O–H groups in total. The van der Waals surface area contributed by atoms with Crippen molar-refractivity contribution in [3.05, 3.63) is 29.8 Å².